The summed E-state index contributed by atoms with van der Waals surface area (Å²) in [6.07, 6.45) is 0.577. The van der Waals surface area contributed by atoms with E-state index >= 15 is 0 Å². The molecular weight excluding hydrogens is 246 g/mol. The lowest BCUT2D eigenvalue weighted by molar-refractivity contribution is 0.0368. The maximum absolute atomic E-state index is 11.8. The van der Waals surface area contributed by atoms with Gasteiger partial charge < -0.3 is 20.6 Å². The number of aliphatic hydroxyl groups is 1. The number of carbonyl (C=O) groups is 1. The van der Waals surface area contributed by atoms with Crippen LogP contribution in [-0.2, 0) is 0 Å². The Bertz CT molecular complexity index is 455. The molecule has 0 aliphatic heterocycles. The minimum Gasteiger partial charge on any atom is -0.504 e. The van der Waals surface area contributed by atoms with E-state index in [2.05, 4.69) is 5.32 Å². The molecule has 19 heavy (non-hydrogen) atoms. The summed E-state index contributed by atoms with van der Waals surface area (Å²) in [7, 11) is 0. The SMILES string of the molecule is CC(C)CC(C)(O)CNC(=O)c1ccc(O)c(O)c1. The van der Waals surface area contributed by atoms with Gasteiger partial charge in [-0.05, 0) is 37.5 Å². The minimum atomic E-state index is -0.969. The van der Waals surface area contributed by atoms with E-state index in [-0.39, 0.29) is 23.6 Å². The van der Waals surface area contributed by atoms with Gasteiger partial charge in [-0.15, -0.1) is 0 Å². The fourth-order valence-corrected chi connectivity index (χ4v) is 1.99. The number of benzene rings is 1. The average Bonchev–Trinajstić information content (AvgIpc) is 2.28. The van der Waals surface area contributed by atoms with E-state index in [1.165, 1.54) is 18.2 Å². The first-order valence-electron chi connectivity index (χ1n) is 6.24. The summed E-state index contributed by atoms with van der Waals surface area (Å²) in [5.41, 5.74) is -0.737. The Kier molecular flexibility index (Phi) is 4.78. The van der Waals surface area contributed by atoms with Crippen LogP contribution < -0.4 is 5.32 Å². The number of rotatable bonds is 5. The van der Waals surface area contributed by atoms with Crippen molar-refractivity contribution >= 4 is 5.91 Å². The van der Waals surface area contributed by atoms with Crippen LogP contribution in [0.5, 0.6) is 11.5 Å². The highest BCUT2D eigenvalue weighted by Crippen LogP contribution is 2.24. The lowest BCUT2D eigenvalue weighted by Crippen LogP contribution is -2.41. The molecule has 0 spiro atoms. The van der Waals surface area contributed by atoms with Gasteiger partial charge in [-0.3, -0.25) is 4.79 Å². The Morgan fingerprint density at radius 3 is 2.47 bits per heavy atom. The van der Waals surface area contributed by atoms with Crippen molar-refractivity contribution in [1.82, 2.24) is 5.32 Å². The van der Waals surface area contributed by atoms with Gasteiger partial charge in [0.2, 0.25) is 0 Å². The summed E-state index contributed by atoms with van der Waals surface area (Å²) in [4.78, 5) is 11.8. The minimum absolute atomic E-state index is 0.131. The van der Waals surface area contributed by atoms with Gasteiger partial charge in [0.1, 0.15) is 0 Å². The molecule has 5 nitrogen and oxygen atoms in total. The summed E-state index contributed by atoms with van der Waals surface area (Å²) in [6, 6.07) is 3.83. The van der Waals surface area contributed by atoms with Crippen molar-refractivity contribution in [3.05, 3.63) is 23.8 Å². The second kappa shape index (κ2) is 5.93. The molecule has 0 aliphatic rings. The Hall–Kier alpha value is -1.75. The third-order valence-electron chi connectivity index (χ3n) is 2.72. The topological polar surface area (TPSA) is 89.8 Å². The highest BCUT2D eigenvalue weighted by Gasteiger charge is 2.22. The van der Waals surface area contributed by atoms with Crippen LogP contribution in [0, 0.1) is 5.92 Å². The molecule has 1 aromatic rings. The van der Waals surface area contributed by atoms with E-state index in [4.69, 9.17) is 5.11 Å². The van der Waals surface area contributed by atoms with Crippen LogP contribution in [0.3, 0.4) is 0 Å². The molecule has 0 fully saturated rings. The molecule has 0 aromatic heterocycles. The fourth-order valence-electron chi connectivity index (χ4n) is 1.99. The van der Waals surface area contributed by atoms with Gasteiger partial charge in [0.05, 0.1) is 5.60 Å². The normalized spacial score (nSPS) is 14.2. The highest BCUT2D eigenvalue weighted by molar-refractivity contribution is 5.94. The maximum Gasteiger partial charge on any atom is 0.251 e. The van der Waals surface area contributed by atoms with Crippen molar-refractivity contribution in [2.75, 3.05) is 6.54 Å². The molecule has 0 radical (unpaired) electrons. The largest absolute Gasteiger partial charge is 0.504 e. The lowest BCUT2D eigenvalue weighted by Gasteiger charge is -2.25. The summed E-state index contributed by atoms with van der Waals surface area (Å²) in [5.74, 6) is -0.700. The van der Waals surface area contributed by atoms with Crippen LogP contribution in [0.25, 0.3) is 0 Å². The van der Waals surface area contributed by atoms with Crippen LogP contribution in [0.1, 0.15) is 37.6 Å². The van der Waals surface area contributed by atoms with Crippen molar-refractivity contribution < 1.29 is 20.1 Å². The molecule has 1 unspecified atom stereocenters. The average molecular weight is 267 g/mol. The number of phenols is 2. The monoisotopic (exact) mass is 267 g/mol. The Morgan fingerprint density at radius 2 is 1.95 bits per heavy atom. The number of aromatic hydroxyl groups is 2. The third kappa shape index (κ3) is 4.79. The van der Waals surface area contributed by atoms with Gasteiger partial charge in [-0.1, -0.05) is 13.8 Å². The number of nitrogens with one attached hydrogen (secondary N) is 1. The van der Waals surface area contributed by atoms with E-state index < -0.39 is 11.5 Å². The molecule has 0 saturated heterocycles. The molecule has 5 heteroatoms. The number of carbonyl (C=O) groups excluding carboxylic acids is 1. The molecule has 0 saturated carbocycles. The quantitative estimate of drug-likeness (QED) is 0.610. The Morgan fingerprint density at radius 1 is 1.32 bits per heavy atom. The van der Waals surface area contributed by atoms with Crippen LogP contribution in [0.15, 0.2) is 18.2 Å². The molecule has 1 aromatic carbocycles. The van der Waals surface area contributed by atoms with Crippen molar-refractivity contribution in [1.29, 1.82) is 0 Å². The molecule has 0 bridgehead atoms. The Labute approximate surface area is 112 Å². The van der Waals surface area contributed by atoms with Gasteiger partial charge in [-0.25, -0.2) is 0 Å². The summed E-state index contributed by atoms with van der Waals surface area (Å²) >= 11 is 0. The molecular formula is C14H21NO4. The van der Waals surface area contributed by atoms with E-state index in [1.807, 2.05) is 13.8 Å². The zero-order valence-corrected chi connectivity index (χ0v) is 11.5. The van der Waals surface area contributed by atoms with Crippen LogP contribution in [0.2, 0.25) is 0 Å². The maximum atomic E-state index is 11.8. The molecule has 0 heterocycles. The van der Waals surface area contributed by atoms with Crippen molar-refractivity contribution in [3.63, 3.8) is 0 Å². The van der Waals surface area contributed by atoms with Crippen molar-refractivity contribution in [3.8, 4) is 11.5 Å². The number of phenolic OH excluding ortho intramolecular Hbond substituents is 2. The molecule has 106 valence electrons. The second-order valence-corrected chi connectivity index (χ2v) is 5.48. The Balaban J connectivity index is 2.62. The predicted octanol–water partition coefficient (Wildman–Crippen LogP) is 1.62. The summed E-state index contributed by atoms with van der Waals surface area (Å²) in [5, 5.41) is 31.2. The first-order chi connectivity index (χ1) is 8.71. The molecule has 1 amide bonds. The van der Waals surface area contributed by atoms with Crippen LogP contribution in [-0.4, -0.2) is 33.4 Å². The zero-order valence-electron chi connectivity index (χ0n) is 11.5. The third-order valence-corrected chi connectivity index (χ3v) is 2.72. The van der Waals surface area contributed by atoms with Gasteiger partial charge >= 0.3 is 0 Å². The van der Waals surface area contributed by atoms with Gasteiger partial charge in [0, 0.05) is 12.1 Å². The standard InChI is InChI=1S/C14H21NO4/c1-9(2)7-14(3,19)8-15-13(18)10-4-5-11(16)12(17)6-10/h4-6,9,16-17,19H,7-8H2,1-3H3,(H,15,18). The van der Waals surface area contributed by atoms with Crippen molar-refractivity contribution in [2.24, 2.45) is 5.92 Å². The van der Waals surface area contributed by atoms with Crippen molar-refractivity contribution in [2.45, 2.75) is 32.8 Å². The fraction of sp³-hybridized carbons (Fsp3) is 0.500. The molecule has 1 rings (SSSR count). The van der Waals surface area contributed by atoms with E-state index in [0.717, 1.165) is 0 Å². The van der Waals surface area contributed by atoms with E-state index in [0.29, 0.717) is 12.3 Å². The van der Waals surface area contributed by atoms with Gasteiger partial charge in [0.15, 0.2) is 11.5 Å². The lowest BCUT2D eigenvalue weighted by atomic mass is 9.94. The summed E-state index contributed by atoms with van der Waals surface area (Å²) < 4.78 is 0. The number of amides is 1. The van der Waals surface area contributed by atoms with Crippen LogP contribution in [0.4, 0.5) is 0 Å². The number of hydrogen-bond acceptors (Lipinski definition) is 4. The van der Waals surface area contributed by atoms with Gasteiger partial charge in [0.25, 0.3) is 5.91 Å². The highest BCUT2D eigenvalue weighted by atomic mass is 16.3. The first-order valence-corrected chi connectivity index (χ1v) is 6.24. The molecule has 0 aliphatic carbocycles. The van der Waals surface area contributed by atoms with Crippen LogP contribution >= 0.6 is 0 Å². The molecule has 1 atom stereocenters. The summed E-state index contributed by atoms with van der Waals surface area (Å²) in [6.45, 7) is 5.79. The van der Waals surface area contributed by atoms with E-state index in [1.54, 1.807) is 6.92 Å². The van der Waals surface area contributed by atoms with Gasteiger partial charge in [-0.2, -0.15) is 0 Å². The number of hydrogen-bond donors (Lipinski definition) is 4. The molecule has 4 N–H and O–H groups in total. The second-order valence-electron chi connectivity index (χ2n) is 5.48. The zero-order chi connectivity index (χ0) is 14.6. The predicted molar refractivity (Wildman–Crippen MR) is 72.2 cm³/mol. The van der Waals surface area contributed by atoms with E-state index in [9.17, 15) is 15.0 Å². The first kappa shape index (κ1) is 15.3. The smallest absolute Gasteiger partial charge is 0.251 e.